The molecule has 0 fully saturated rings. The summed E-state index contributed by atoms with van der Waals surface area (Å²) in [7, 11) is 0. The van der Waals surface area contributed by atoms with Crippen LogP contribution < -0.4 is 0 Å². The summed E-state index contributed by atoms with van der Waals surface area (Å²) in [4.78, 5) is 5.88. The molecule has 0 atom stereocenters. The first-order chi connectivity index (χ1) is 5.89. The summed E-state index contributed by atoms with van der Waals surface area (Å²) in [5.41, 5.74) is 0. The molecular weight excluding hydrogens is 237 g/mol. The van der Waals surface area contributed by atoms with Crippen LogP contribution in [0.2, 0.25) is 5.02 Å². The summed E-state index contributed by atoms with van der Waals surface area (Å²) in [5.74, 6) is 0. The van der Waals surface area contributed by atoms with Crippen LogP contribution in [-0.2, 0) is 0 Å². The molecule has 12 heavy (non-hydrogen) atoms. The Bertz CT molecular complexity index is 263. The number of rotatable bonds is 0. The van der Waals surface area contributed by atoms with Crippen molar-refractivity contribution in [2.24, 2.45) is 0 Å². The van der Waals surface area contributed by atoms with E-state index < -0.39 is 0 Å². The number of aromatic nitrogens is 1. The third-order valence-corrected chi connectivity index (χ3v) is 2.43. The molecule has 1 aromatic heterocycles. The van der Waals surface area contributed by atoms with E-state index in [2.05, 4.69) is 9.92 Å². The molecule has 62 valence electrons. The summed E-state index contributed by atoms with van der Waals surface area (Å²) in [5, 5.41) is 2.73. The van der Waals surface area contributed by atoms with Gasteiger partial charge in [0.1, 0.15) is 0 Å². The Balaban J connectivity index is 0.000000127. The Morgan fingerprint density at radius 3 is 2.17 bits per heavy atom. The first kappa shape index (κ1) is 9.53. The van der Waals surface area contributed by atoms with E-state index in [4.69, 9.17) is 11.6 Å². The van der Waals surface area contributed by atoms with Crippen LogP contribution in [-0.4, -0.2) is 19.5 Å². The van der Waals surface area contributed by atoms with Gasteiger partial charge >= 0.3 is 35.7 Å². The van der Waals surface area contributed by atoms with Crippen molar-refractivity contribution in [3.8, 4) is 0 Å². The van der Waals surface area contributed by atoms with Crippen molar-refractivity contribution in [2.75, 3.05) is 0 Å². The molecule has 0 amide bonds. The quantitative estimate of drug-likeness (QED) is 0.649. The molecular formula is C9H8ClNSe. The summed E-state index contributed by atoms with van der Waals surface area (Å²) >= 11 is 6.14. The number of benzene rings is 1. The van der Waals surface area contributed by atoms with Crippen molar-refractivity contribution < 1.29 is 0 Å². The zero-order valence-electron chi connectivity index (χ0n) is 6.35. The molecule has 1 nitrogen and oxygen atoms in total. The molecule has 0 aliphatic carbocycles. The second-order valence-corrected chi connectivity index (χ2v) is 3.99. The van der Waals surface area contributed by atoms with E-state index in [0.717, 1.165) is 5.02 Å². The molecule has 0 radical (unpaired) electrons. The molecule has 0 N–H and O–H groups in total. The zero-order chi connectivity index (χ0) is 8.65. The van der Waals surface area contributed by atoms with Crippen LogP contribution in [0.5, 0.6) is 0 Å². The molecule has 0 spiro atoms. The van der Waals surface area contributed by atoms with Crippen molar-refractivity contribution in [3.05, 3.63) is 51.6 Å². The Morgan fingerprint density at radius 1 is 1.17 bits per heavy atom. The van der Waals surface area contributed by atoms with Crippen LogP contribution in [0.25, 0.3) is 0 Å². The van der Waals surface area contributed by atoms with E-state index in [1.54, 1.807) is 0 Å². The maximum absolute atomic E-state index is 5.54. The first-order valence-corrected chi connectivity index (χ1v) is 5.78. The Hall–Kier alpha value is -0.561. The average Bonchev–Trinajstić information content (AvgIpc) is 2.62. The van der Waals surface area contributed by atoms with Gasteiger partial charge in [0.15, 0.2) is 0 Å². The van der Waals surface area contributed by atoms with Gasteiger partial charge in [-0.05, 0) is 12.1 Å². The van der Waals surface area contributed by atoms with Gasteiger partial charge in [0.25, 0.3) is 0 Å². The summed E-state index contributed by atoms with van der Waals surface area (Å²) < 4.78 is 0. The normalized spacial score (nSPS) is 8.42. The van der Waals surface area contributed by atoms with Crippen LogP contribution in [0, 0.1) is 0 Å². The minimum atomic E-state index is 0.597. The van der Waals surface area contributed by atoms with E-state index in [1.165, 1.54) is 0 Å². The first-order valence-electron chi connectivity index (χ1n) is 3.42. The molecule has 0 unspecified atom stereocenters. The minimum absolute atomic E-state index is 0.597. The third-order valence-electron chi connectivity index (χ3n) is 1.08. The molecule has 3 heteroatoms. The van der Waals surface area contributed by atoms with Crippen molar-refractivity contribution in [2.45, 2.75) is 0 Å². The van der Waals surface area contributed by atoms with Gasteiger partial charge in [0.05, 0.1) is 0 Å². The van der Waals surface area contributed by atoms with E-state index in [9.17, 15) is 0 Å². The van der Waals surface area contributed by atoms with E-state index >= 15 is 0 Å². The van der Waals surface area contributed by atoms with Crippen molar-refractivity contribution in [1.82, 2.24) is 4.98 Å². The van der Waals surface area contributed by atoms with Gasteiger partial charge in [-0.1, -0.05) is 29.8 Å². The summed E-state index contributed by atoms with van der Waals surface area (Å²) in [6.07, 6.45) is 1.83. The Kier molecular flexibility index (Phi) is 4.77. The number of halogens is 1. The van der Waals surface area contributed by atoms with Gasteiger partial charge in [-0.2, -0.15) is 0 Å². The summed E-state index contributed by atoms with van der Waals surface area (Å²) in [6.45, 7) is 0. The Morgan fingerprint density at radius 2 is 1.92 bits per heavy atom. The van der Waals surface area contributed by atoms with Gasteiger partial charge < -0.3 is 0 Å². The fourth-order valence-electron chi connectivity index (χ4n) is 0.590. The van der Waals surface area contributed by atoms with E-state index in [-0.39, 0.29) is 0 Å². The van der Waals surface area contributed by atoms with E-state index in [1.807, 2.05) is 41.6 Å². The molecule has 2 aromatic rings. The molecule has 0 bridgehead atoms. The van der Waals surface area contributed by atoms with Crippen LogP contribution in [0.15, 0.2) is 46.5 Å². The van der Waals surface area contributed by atoms with Gasteiger partial charge in [-0.25, -0.2) is 0 Å². The molecule has 0 saturated carbocycles. The predicted octanol–water partition coefficient (Wildman–Crippen LogP) is 2.48. The molecule has 1 heterocycles. The van der Waals surface area contributed by atoms with Crippen molar-refractivity contribution >= 4 is 26.1 Å². The van der Waals surface area contributed by atoms with Gasteiger partial charge in [0, 0.05) is 5.02 Å². The number of nitrogens with zero attached hydrogens (tertiary/aromatic N) is 1. The second kappa shape index (κ2) is 6.01. The zero-order valence-corrected chi connectivity index (χ0v) is 8.82. The van der Waals surface area contributed by atoms with Gasteiger partial charge in [-0.3, -0.25) is 0 Å². The second-order valence-electron chi connectivity index (χ2n) is 1.97. The van der Waals surface area contributed by atoms with Crippen molar-refractivity contribution in [3.63, 3.8) is 0 Å². The maximum atomic E-state index is 5.54. The summed E-state index contributed by atoms with van der Waals surface area (Å²) in [6, 6.07) is 9.44. The molecule has 1 aromatic carbocycles. The SMILES string of the molecule is Clc1ccccc1.c1c[se]cn1. The molecule has 0 aliphatic rings. The number of hydrogen-bond donors (Lipinski definition) is 0. The standard InChI is InChI=1S/C6H5Cl.C3H3NSe/c7-6-4-2-1-3-5-6;1-2-5-3-4-1/h1-5H;1-3H. The monoisotopic (exact) mass is 245 g/mol. The van der Waals surface area contributed by atoms with Crippen molar-refractivity contribution in [1.29, 1.82) is 0 Å². The van der Waals surface area contributed by atoms with E-state index in [0.29, 0.717) is 14.5 Å². The topological polar surface area (TPSA) is 12.9 Å². The predicted molar refractivity (Wildman–Crippen MR) is 52.6 cm³/mol. The van der Waals surface area contributed by atoms with Crippen LogP contribution in [0.1, 0.15) is 0 Å². The average molecular weight is 245 g/mol. The number of hydrogen-bond acceptors (Lipinski definition) is 1. The van der Waals surface area contributed by atoms with Crippen LogP contribution in [0.4, 0.5) is 0 Å². The van der Waals surface area contributed by atoms with Crippen LogP contribution >= 0.6 is 11.6 Å². The van der Waals surface area contributed by atoms with Gasteiger partial charge in [0.2, 0.25) is 0 Å². The van der Waals surface area contributed by atoms with Gasteiger partial charge in [-0.15, -0.1) is 0 Å². The molecule has 0 saturated heterocycles. The Labute approximate surface area is 82.8 Å². The molecule has 2 rings (SSSR count). The fraction of sp³-hybridized carbons (Fsp3) is 0. The molecule has 0 aliphatic heterocycles. The fourth-order valence-corrected chi connectivity index (χ4v) is 1.47. The van der Waals surface area contributed by atoms with Crippen LogP contribution in [0.3, 0.4) is 0 Å². The third kappa shape index (κ3) is 4.34.